The van der Waals surface area contributed by atoms with E-state index in [1.54, 1.807) is 18.2 Å². The summed E-state index contributed by atoms with van der Waals surface area (Å²) in [7, 11) is 0. The minimum absolute atomic E-state index is 0.302. The lowest BCUT2D eigenvalue weighted by Crippen LogP contribution is -2.29. The Balaban J connectivity index is 2.31. The number of rotatable bonds is 4. The van der Waals surface area contributed by atoms with Gasteiger partial charge >= 0.3 is 0 Å². The fourth-order valence-corrected chi connectivity index (χ4v) is 2.24. The highest BCUT2D eigenvalue weighted by Gasteiger charge is 2.21. The first kappa shape index (κ1) is 15.0. The average molecular weight is 338 g/mol. The molecule has 0 aliphatic heterocycles. The number of nitrogens with two attached hydrogens (primary N) is 1. The zero-order valence-corrected chi connectivity index (χ0v) is 13.0. The van der Waals surface area contributed by atoms with E-state index in [-0.39, 0.29) is 11.9 Å². The van der Waals surface area contributed by atoms with E-state index in [0.717, 1.165) is 10.0 Å². The van der Waals surface area contributed by atoms with Gasteiger partial charge in [-0.05, 0) is 43.7 Å². The maximum atomic E-state index is 13.9. The number of hydrogen-bond donors (Lipinski definition) is 1. The van der Waals surface area contributed by atoms with E-state index < -0.39 is 6.10 Å². The molecule has 0 radical (unpaired) electrons. The molecule has 0 spiro atoms. The van der Waals surface area contributed by atoms with Crippen molar-refractivity contribution >= 4 is 15.9 Å². The van der Waals surface area contributed by atoms with E-state index >= 15 is 0 Å². The Labute approximate surface area is 126 Å². The maximum absolute atomic E-state index is 13.9. The van der Waals surface area contributed by atoms with Crippen molar-refractivity contribution in [1.82, 2.24) is 0 Å². The minimum Gasteiger partial charge on any atom is -0.484 e. The Kier molecular flexibility index (Phi) is 4.78. The smallest absolute Gasteiger partial charge is 0.141 e. The molecular weight excluding hydrogens is 321 g/mol. The van der Waals surface area contributed by atoms with Gasteiger partial charge in [0.2, 0.25) is 0 Å². The molecule has 0 aliphatic carbocycles. The van der Waals surface area contributed by atoms with E-state index in [4.69, 9.17) is 10.5 Å². The van der Waals surface area contributed by atoms with Crippen LogP contribution >= 0.6 is 15.9 Å². The van der Waals surface area contributed by atoms with E-state index in [1.165, 1.54) is 6.07 Å². The molecule has 0 amide bonds. The summed E-state index contributed by atoms with van der Waals surface area (Å²) in [5, 5.41) is 0. The van der Waals surface area contributed by atoms with Crippen LogP contribution < -0.4 is 10.5 Å². The molecule has 4 heteroatoms. The fraction of sp³-hybridized carbons (Fsp3) is 0.250. The van der Waals surface area contributed by atoms with Crippen LogP contribution in [0.1, 0.15) is 24.2 Å². The Bertz CT molecular complexity index is 601. The highest BCUT2D eigenvalue weighted by molar-refractivity contribution is 9.10. The van der Waals surface area contributed by atoms with E-state index in [2.05, 4.69) is 15.9 Å². The zero-order chi connectivity index (χ0) is 14.7. The summed E-state index contributed by atoms with van der Waals surface area (Å²) >= 11 is 3.44. The first-order valence-corrected chi connectivity index (χ1v) is 7.21. The van der Waals surface area contributed by atoms with Gasteiger partial charge in [-0.3, -0.25) is 0 Å². The van der Waals surface area contributed by atoms with Gasteiger partial charge in [0.15, 0.2) is 0 Å². The monoisotopic (exact) mass is 337 g/mol. The van der Waals surface area contributed by atoms with Crippen LogP contribution in [0.3, 0.4) is 0 Å². The number of aryl methyl sites for hydroxylation is 1. The lowest BCUT2D eigenvalue weighted by molar-refractivity contribution is 0.175. The van der Waals surface area contributed by atoms with Crippen molar-refractivity contribution in [3.05, 3.63) is 63.9 Å². The van der Waals surface area contributed by atoms with Crippen molar-refractivity contribution in [2.75, 3.05) is 0 Å². The van der Waals surface area contributed by atoms with Crippen molar-refractivity contribution in [3.8, 4) is 5.75 Å². The standard InChI is InChI=1S/C16H17BrFNO/c1-10-9-12(7-8-14(10)17)20-16(11(2)19)13-5-3-4-6-15(13)18/h3-9,11,16H,19H2,1-2H3. The number of halogens is 2. The molecule has 2 rings (SSSR count). The van der Waals surface area contributed by atoms with E-state index in [9.17, 15) is 4.39 Å². The lowest BCUT2D eigenvalue weighted by Gasteiger charge is -2.23. The van der Waals surface area contributed by atoms with Gasteiger partial charge in [0.05, 0.1) is 0 Å². The molecule has 0 aliphatic rings. The van der Waals surface area contributed by atoms with Gasteiger partial charge in [0.25, 0.3) is 0 Å². The molecule has 2 nitrogen and oxygen atoms in total. The number of hydrogen-bond acceptors (Lipinski definition) is 2. The molecular formula is C16H17BrFNO. The number of ether oxygens (including phenoxy) is 1. The zero-order valence-electron chi connectivity index (χ0n) is 11.4. The quantitative estimate of drug-likeness (QED) is 0.899. The van der Waals surface area contributed by atoms with Crippen LogP contribution in [-0.4, -0.2) is 6.04 Å². The molecule has 0 saturated carbocycles. The van der Waals surface area contributed by atoms with Gasteiger partial charge in [-0.2, -0.15) is 0 Å². The molecule has 0 bridgehead atoms. The molecule has 2 aromatic carbocycles. The van der Waals surface area contributed by atoms with Crippen LogP contribution in [0.4, 0.5) is 4.39 Å². The second-order valence-corrected chi connectivity index (χ2v) is 5.68. The van der Waals surface area contributed by atoms with Gasteiger partial charge in [-0.15, -0.1) is 0 Å². The van der Waals surface area contributed by atoms with E-state index in [0.29, 0.717) is 11.3 Å². The topological polar surface area (TPSA) is 35.2 Å². The molecule has 0 heterocycles. The first-order valence-electron chi connectivity index (χ1n) is 6.42. The van der Waals surface area contributed by atoms with Crippen LogP contribution in [-0.2, 0) is 0 Å². The Morgan fingerprint density at radius 1 is 1.20 bits per heavy atom. The van der Waals surface area contributed by atoms with Gasteiger partial charge in [-0.25, -0.2) is 4.39 Å². The Morgan fingerprint density at radius 3 is 2.50 bits per heavy atom. The minimum atomic E-state index is -0.517. The largest absolute Gasteiger partial charge is 0.484 e. The third-order valence-electron chi connectivity index (χ3n) is 3.08. The summed E-state index contributed by atoms with van der Waals surface area (Å²) in [6.45, 7) is 3.78. The van der Waals surface area contributed by atoms with Gasteiger partial charge < -0.3 is 10.5 Å². The highest BCUT2D eigenvalue weighted by Crippen LogP contribution is 2.28. The number of benzene rings is 2. The molecule has 0 saturated heterocycles. The van der Waals surface area contributed by atoms with Crippen molar-refractivity contribution in [2.24, 2.45) is 5.73 Å². The summed E-state index contributed by atoms with van der Waals surface area (Å²) < 4.78 is 20.8. The van der Waals surface area contributed by atoms with Gasteiger partial charge in [0.1, 0.15) is 17.7 Å². The van der Waals surface area contributed by atoms with Crippen molar-refractivity contribution < 1.29 is 9.13 Å². The second kappa shape index (κ2) is 6.37. The summed E-state index contributed by atoms with van der Waals surface area (Å²) in [6, 6.07) is 11.9. The first-order chi connectivity index (χ1) is 9.49. The maximum Gasteiger partial charge on any atom is 0.141 e. The predicted molar refractivity (Wildman–Crippen MR) is 82.3 cm³/mol. The Morgan fingerprint density at radius 2 is 1.90 bits per heavy atom. The summed E-state index contributed by atoms with van der Waals surface area (Å²) in [4.78, 5) is 0. The van der Waals surface area contributed by atoms with Crippen molar-refractivity contribution in [1.29, 1.82) is 0 Å². The molecule has 2 aromatic rings. The van der Waals surface area contributed by atoms with Crippen LogP contribution in [0, 0.1) is 12.7 Å². The van der Waals surface area contributed by atoms with Crippen molar-refractivity contribution in [2.45, 2.75) is 26.0 Å². The molecule has 2 unspecified atom stereocenters. The molecule has 20 heavy (non-hydrogen) atoms. The molecule has 2 atom stereocenters. The normalized spacial score (nSPS) is 13.8. The lowest BCUT2D eigenvalue weighted by atomic mass is 10.0. The van der Waals surface area contributed by atoms with Crippen LogP contribution in [0.15, 0.2) is 46.9 Å². The summed E-state index contributed by atoms with van der Waals surface area (Å²) in [5.74, 6) is 0.375. The third kappa shape index (κ3) is 3.38. The molecule has 0 fully saturated rings. The van der Waals surface area contributed by atoms with Gasteiger partial charge in [0, 0.05) is 16.1 Å². The van der Waals surface area contributed by atoms with Crippen LogP contribution in [0.5, 0.6) is 5.75 Å². The summed E-state index contributed by atoms with van der Waals surface area (Å²) in [5.41, 5.74) is 7.48. The average Bonchev–Trinajstić information content (AvgIpc) is 2.41. The van der Waals surface area contributed by atoms with Crippen molar-refractivity contribution in [3.63, 3.8) is 0 Å². The molecule has 2 N–H and O–H groups in total. The predicted octanol–water partition coefficient (Wildman–Crippen LogP) is 4.36. The second-order valence-electron chi connectivity index (χ2n) is 4.83. The van der Waals surface area contributed by atoms with Crippen LogP contribution in [0.2, 0.25) is 0 Å². The van der Waals surface area contributed by atoms with Crippen LogP contribution in [0.25, 0.3) is 0 Å². The van der Waals surface area contributed by atoms with Gasteiger partial charge in [-0.1, -0.05) is 34.1 Å². The molecule has 106 valence electrons. The SMILES string of the molecule is Cc1cc(OC(c2ccccc2F)C(C)N)ccc1Br. The van der Waals surface area contributed by atoms with E-state index in [1.807, 2.05) is 32.0 Å². The third-order valence-corrected chi connectivity index (χ3v) is 3.97. The highest BCUT2D eigenvalue weighted by atomic mass is 79.9. The molecule has 0 aromatic heterocycles. The Hall–Kier alpha value is -1.39. The fourth-order valence-electron chi connectivity index (χ4n) is 2.00. The summed E-state index contributed by atoms with van der Waals surface area (Å²) in [6.07, 6.45) is -0.517.